The standard InChI is InChI=1S/C22H22.C18H18O2.C11H14O2.C11H16O.C10H14.C8H16O2.C7H12O2.C6H12.C5H10O.2C5H12.C4H12Si.C4H10.C2H6/c1-18(2)22(19-12-6-3-7-13-19,20-14-8-4-9-15-20)21-16-10-5-11-17-21;1-12(2)18(19)20-11-17-15-9-5-3-7-13(15)14-8-4-6-10-16(14)17;1-9(2)11(12)13-8-10-6-4-3-5-7-10;1-9(2)7-10-3-5-11(8-12)6-4-10;1-9(2)8-10-6-4-3-5-7-10;1-6(2)5-10-8(9)7(3)4;1-4-5-9-7(8)6(2)3;1-4-5-6(2)3;1-4(2)5(3)6;1-5(2,3)4;1-4-5(2)3;1-5(2,3)4;1-4(2)3;1-2/h3-18H,1-2H3;3-10,12,17H,11H2,1-2H3;3-7,9H,8H2,1-2H3;3-6,9,12H,7-8H2,1-2H3;3-7,9H,8H2,1-2H3;6-7H,5H2,1-4H3;4,6H,1,5H2,2-3H3;4,6H,1,5H2,2-3H3;4H,1-3H3;1-4H3;5H,4H2,1-3H3;1-4H3;4H,1-3H3;1-2H3. The van der Waals surface area contributed by atoms with Crippen molar-refractivity contribution in [2.24, 2.45) is 76.4 Å². The Morgan fingerprint density at radius 1 is 0.380 bits per heavy atom. The zero-order chi connectivity index (χ0) is 100. The second-order valence-corrected chi connectivity index (χ2v) is 45.9. The van der Waals surface area contributed by atoms with Crippen LogP contribution in [0.1, 0.15) is 297 Å². The molecule has 0 atom stereocenters. The minimum atomic E-state index is -0.611. The van der Waals surface area contributed by atoms with Crippen molar-refractivity contribution in [3.05, 3.63) is 300 Å². The van der Waals surface area contributed by atoms with E-state index in [9.17, 15) is 24.0 Å². The summed E-state index contributed by atoms with van der Waals surface area (Å²) in [4.78, 5) is 54.4. The first kappa shape index (κ1) is 128. The predicted molar refractivity (Wildman–Crippen MR) is 564 cm³/mol. The van der Waals surface area contributed by atoms with Gasteiger partial charge in [0.05, 0.1) is 36.9 Å². The summed E-state index contributed by atoms with van der Waals surface area (Å²) < 4.78 is 20.1. The Kier molecular flexibility index (Phi) is 75.3. The molecule has 0 amide bonds. The summed E-state index contributed by atoms with van der Waals surface area (Å²) >= 11 is 0. The van der Waals surface area contributed by atoms with Crippen LogP contribution in [-0.4, -0.2) is 62.7 Å². The van der Waals surface area contributed by atoms with Gasteiger partial charge in [0.2, 0.25) is 0 Å². The monoisotopic (exact) mass is 1790 g/mol. The molecule has 0 spiro atoms. The number of rotatable bonds is 25. The van der Waals surface area contributed by atoms with Crippen molar-refractivity contribution in [1.82, 2.24) is 0 Å². The summed E-state index contributed by atoms with van der Waals surface area (Å²) in [5.74, 6) is 4.74. The van der Waals surface area contributed by atoms with Gasteiger partial charge in [-0.1, -0.05) is 497 Å². The lowest BCUT2D eigenvalue weighted by molar-refractivity contribution is -0.149. The van der Waals surface area contributed by atoms with Crippen molar-refractivity contribution >= 4 is 37.7 Å². The topological polar surface area (TPSA) is 142 Å². The molecular weight excluding hydrogens is 1610 g/mol. The number of carbonyl (C=O) groups excluding carboxylic acids is 5. The third kappa shape index (κ3) is 69.6. The highest BCUT2D eigenvalue weighted by atomic mass is 28.3. The third-order valence-electron chi connectivity index (χ3n) is 17.5. The molecule has 0 radical (unpaired) electrons. The van der Waals surface area contributed by atoms with E-state index in [-0.39, 0.29) is 77.2 Å². The van der Waals surface area contributed by atoms with E-state index in [0.717, 1.165) is 47.6 Å². The molecule has 8 aromatic rings. The number of fused-ring (bicyclic) bond motifs is 3. The Labute approximate surface area is 793 Å². The van der Waals surface area contributed by atoms with E-state index in [1.807, 2.05) is 144 Å². The van der Waals surface area contributed by atoms with Crippen LogP contribution in [0.25, 0.3) is 11.1 Å². The Morgan fingerprint density at radius 2 is 0.659 bits per heavy atom. The van der Waals surface area contributed by atoms with Gasteiger partial charge in [-0.2, -0.15) is 0 Å². The second-order valence-electron chi connectivity index (χ2n) is 39.9. The molecule has 0 heterocycles. The number of esters is 4. The van der Waals surface area contributed by atoms with Crippen LogP contribution in [0, 0.1) is 76.4 Å². The highest BCUT2D eigenvalue weighted by molar-refractivity contribution is 6.74. The maximum atomic E-state index is 11.7. The van der Waals surface area contributed by atoms with Crippen molar-refractivity contribution < 1.29 is 48.0 Å². The first-order chi connectivity index (χ1) is 60.3. The molecule has 1 aliphatic rings. The van der Waals surface area contributed by atoms with E-state index in [4.69, 9.17) is 24.1 Å². The minimum Gasteiger partial charge on any atom is -0.465 e. The summed E-state index contributed by atoms with van der Waals surface area (Å²) in [5.41, 5.74) is 14.3. The van der Waals surface area contributed by atoms with Crippen molar-refractivity contribution in [2.75, 3.05) is 19.8 Å². The molecule has 0 aliphatic heterocycles. The zero-order valence-corrected chi connectivity index (χ0v) is 89.4. The van der Waals surface area contributed by atoms with E-state index in [0.29, 0.717) is 49.6 Å². The van der Waals surface area contributed by atoms with E-state index in [1.165, 1.54) is 62.9 Å². The summed E-state index contributed by atoms with van der Waals surface area (Å²) in [6, 6.07) is 77.7. The van der Waals surface area contributed by atoms with Gasteiger partial charge in [-0.05, 0) is 134 Å². The van der Waals surface area contributed by atoms with Gasteiger partial charge in [0.25, 0.3) is 0 Å². The predicted octanol–water partition coefficient (Wildman–Crippen LogP) is 32.7. The number of hydrogen-bond acceptors (Lipinski definition) is 10. The Hall–Kier alpha value is -9.03. The highest BCUT2D eigenvalue weighted by Crippen LogP contribution is 2.46. The van der Waals surface area contributed by atoms with Gasteiger partial charge >= 0.3 is 23.9 Å². The molecule has 1 N–H and O–H groups in total. The summed E-state index contributed by atoms with van der Waals surface area (Å²) in [7, 11) is -0.611. The lowest BCUT2D eigenvalue weighted by atomic mass is 9.63. The van der Waals surface area contributed by atoms with Gasteiger partial charge in [-0.25, -0.2) is 0 Å². The quantitative estimate of drug-likeness (QED) is 0.0193. The van der Waals surface area contributed by atoms with Crippen LogP contribution in [0.15, 0.2) is 250 Å². The Balaban J connectivity index is -0.000000445. The fraction of sp³-hybridized carbons (Fsp3) is 0.517. The van der Waals surface area contributed by atoms with Gasteiger partial charge in [-0.15, -0.1) is 6.58 Å². The number of Topliss-reactive ketones (excluding diaryl/α,β-unsaturated/α-hetero) is 1. The number of aliphatic hydroxyl groups is 1. The largest absolute Gasteiger partial charge is 0.465 e. The van der Waals surface area contributed by atoms with E-state index < -0.39 is 8.07 Å². The number of hydrogen-bond donors (Lipinski definition) is 1. The van der Waals surface area contributed by atoms with Gasteiger partial charge in [0.15, 0.2) is 0 Å². The average Bonchev–Trinajstić information content (AvgIpc) is 1.24. The fourth-order valence-corrected chi connectivity index (χ4v) is 10.7. The van der Waals surface area contributed by atoms with Crippen LogP contribution < -0.4 is 0 Å². The number of allylic oxidation sites excluding steroid dienone is 1. The number of ketones is 1. The van der Waals surface area contributed by atoms with Gasteiger partial charge < -0.3 is 24.1 Å². The zero-order valence-electron chi connectivity index (χ0n) is 88.4. The molecule has 722 valence electrons. The van der Waals surface area contributed by atoms with Crippen LogP contribution >= 0.6 is 0 Å². The number of aliphatic hydroxyl groups excluding tert-OH is 1. The third-order valence-corrected chi connectivity index (χ3v) is 17.5. The smallest absolute Gasteiger partial charge is 0.308 e. The molecule has 0 aromatic heterocycles. The first-order valence-electron chi connectivity index (χ1n) is 47.8. The lowest BCUT2D eigenvalue weighted by Gasteiger charge is -2.39. The SMILES string of the molecule is C=CCC(C)C.C=CCOC(=O)C(C)C.CC.CC(=O)C(C)C.CC(C)(C)C.CC(C)C.CC(C)C(=O)OCC1c2ccccc2-c2ccccc21.CC(C)C(=O)OCc1ccccc1.CC(C)C(c1ccccc1)(c1ccccc1)c1ccccc1.CC(C)COC(=O)C(C)C.CC(C)Cc1ccc(CO)cc1.CC(C)Cc1ccccc1.CCC(C)C.C[Si](C)(C)C. The van der Waals surface area contributed by atoms with Crippen molar-refractivity contribution in [2.45, 2.75) is 305 Å². The first-order valence-corrected chi connectivity index (χ1v) is 51.8. The maximum Gasteiger partial charge on any atom is 0.308 e. The fourth-order valence-electron chi connectivity index (χ4n) is 10.7. The molecule has 0 saturated heterocycles. The molecule has 0 bridgehead atoms. The summed E-state index contributed by atoms with van der Waals surface area (Å²) in [5, 5.41) is 8.81. The molecule has 10 nitrogen and oxygen atoms in total. The molecule has 11 heteroatoms. The molecule has 0 fully saturated rings. The Bertz CT molecular complexity index is 3880. The van der Waals surface area contributed by atoms with Crippen LogP contribution in [-0.2, 0) is 74.4 Å². The van der Waals surface area contributed by atoms with Gasteiger partial charge in [0, 0.05) is 25.3 Å². The van der Waals surface area contributed by atoms with Crippen LogP contribution in [0.4, 0.5) is 0 Å². The Morgan fingerprint density at radius 3 is 0.922 bits per heavy atom. The molecule has 9 rings (SSSR count). The van der Waals surface area contributed by atoms with Crippen molar-refractivity contribution in [3.63, 3.8) is 0 Å². The van der Waals surface area contributed by atoms with Crippen LogP contribution in [0.5, 0.6) is 0 Å². The summed E-state index contributed by atoms with van der Waals surface area (Å²) in [6.07, 6.45) is 8.26. The molecule has 0 saturated carbocycles. The molecule has 0 unspecified atom stereocenters. The molecule has 8 aromatic carbocycles. The van der Waals surface area contributed by atoms with Crippen molar-refractivity contribution in [1.29, 1.82) is 0 Å². The molecule has 1 aliphatic carbocycles. The van der Waals surface area contributed by atoms with Crippen LogP contribution in [0.3, 0.4) is 0 Å². The van der Waals surface area contributed by atoms with Crippen molar-refractivity contribution in [3.8, 4) is 11.1 Å². The normalized spacial score (nSPS) is 10.8. The highest BCUT2D eigenvalue weighted by Gasteiger charge is 2.39. The lowest BCUT2D eigenvalue weighted by Crippen LogP contribution is -2.35. The number of ether oxygens (including phenoxy) is 4. The second kappa shape index (κ2) is 75.6. The average molecular weight is 1790 g/mol. The molecular formula is C118H186O10Si. The van der Waals surface area contributed by atoms with Gasteiger partial charge in [-0.3, -0.25) is 24.0 Å². The van der Waals surface area contributed by atoms with E-state index in [1.54, 1.807) is 26.8 Å². The van der Waals surface area contributed by atoms with E-state index in [2.05, 4.69) is 334 Å². The van der Waals surface area contributed by atoms with Gasteiger partial charge in [0.1, 0.15) is 25.6 Å². The minimum absolute atomic E-state index is 0.00116. The number of benzene rings is 8. The number of carbonyl (C=O) groups is 5. The molecule has 129 heavy (non-hydrogen) atoms. The van der Waals surface area contributed by atoms with Crippen LogP contribution in [0.2, 0.25) is 26.2 Å². The maximum absolute atomic E-state index is 11.7. The summed E-state index contributed by atoms with van der Waals surface area (Å²) in [6.45, 7) is 86.0. The van der Waals surface area contributed by atoms with E-state index >= 15 is 0 Å².